The molecule has 0 aliphatic rings. The van der Waals surface area contributed by atoms with E-state index in [2.05, 4.69) is 20.3 Å². The van der Waals surface area contributed by atoms with Crippen molar-refractivity contribution < 1.29 is 0 Å². The van der Waals surface area contributed by atoms with Crippen LogP contribution in [0.15, 0.2) is 40.6 Å². The molecule has 0 radical (unpaired) electrons. The highest BCUT2D eigenvalue weighted by atomic mass is 32.1. The molecule has 0 spiro atoms. The smallest absolute Gasteiger partial charge is 0.259 e. The Kier molecular flexibility index (Phi) is 3.06. The topological polar surface area (TPSA) is 70.7 Å². The maximum atomic E-state index is 11.9. The van der Waals surface area contributed by atoms with Crippen LogP contribution in [0.4, 0.5) is 5.13 Å². The molecule has 7 heteroatoms. The Morgan fingerprint density at radius 2 is 2.21 bits per heavy atom. The van der Waals surface area contributed by atoms with E-state index in [9.17, 15) is 4.79 Å². The van der Waals surface area contributed by atoms with E-state index in [1.165, 1.54) is 11.3 Å². The molecule has 0 aliphatic carbocycles. The average molecular weight is 288 g/mol. The van der Waals surface area contributed by atoms with Crippen molar-refractivity contribution in [3.05, 3.63) is 52.0 Å². The molecular weight excluding hydrogens is 280 g/mol. The van der Waals surface area contributed by atoms with Crippen LogP contribution >= 0.6 is 23.6 Å². The fourth-order valence-corrected chi connectivity index (χ4v) is 2.43. The van der Waals surface area contributed by atoms with Crippen molar-refractivity contribution in [3.8, 4) is 0 Å². The van der Waals surface area contributed by atoms with Gasteiger partial charge in [-0.25, -0.2) is 9.97 Å². The molecule has 3 aromatic rings. The predicted octanol–water partition coefficient (Wildman–Crippen LogP) is 2.17. The molecular formula is C12H8N4OS2. The van der Waals surface area contributed by atoms with Crippen LogP contribution in [0, 0.1) is 0 Å². The molecule has 5 nitrogen and oxygen atoms in total. The number of nitrogens with zero attached hydrogens (tertiary/aromatic N) is 2. The summed E-state index contributed by atoms with van der Waals surface area (Å²) in [7, 11) is 0. The molecule has 1 aromatic carbocycles. The lowest BCUT2D eigenvalue weighted by molar-refractivity contribution is 1.14. The van der Waals surface area contributed by atoms with Crippen LogP contribution in [0.25, 0.3) is 10.9 Å². The second-order valence-electron chi connectivity index (χ2n) is 3.72. The van der Waals surface area contributed by atoms with E-state index in [0.29, 0.717) is 26.8 Å². The molecule has 2 heterocycles. The highest BCUT2D eigenvalue weighted by molar-refractivity contribution is 7.81. The van der Waals surface area contributed by atoms with E-state index in [1.54, 1.807) is 24.4 Å². The number of fused-ring (bicyclic) bond motifs is 1. The van der Waals surface area contributed by atoms with Gasteiger partial charge in [-0.05, 0) is 12.1 Å². The predicted molar refractivity (Wildman–Crippen MR) is 79.8 cm³/mol. The van der Waals surface area contributed by atoms with E-state index in [0.717, 1.165) is 0 Å². The van der Waals surface area contributed by atoms with Gasteiger partial charge in [0, 0.05) is 11.6 Å². The number of rotatable bonds is 2. The molecule has 2 N–H and O–H groups in total. The highest BCUT2D eigenvalue weighted by Gasteiger charge is 2.08. The third kappa shape index (κ3) is 2.38. The molecule has 0 atom stereocenters. The van der Waals surface area contributed by atoms with Crippen LogP contribution in [-0.4, -0.2) is 19.9 Å². The highest BCUT2D eigenvalue weighted by Crippen LogP contribution is 2.12. The Balaban J connectivity index is 2.01. The first-order valence-electron chi connectivity index (χ1n) is 5.44. The van der Waals surface area contributed by atoms with Gasteiger partial charge in [0.05, 0.1) is 10.9 Å². The van der Waals surface area contributed by atoms with E-state index < -0.39 is 0 Å². The van der Waals surface area contributed by atoms with Gasteiger partial charge < -0.3 is 10.3 Å². The number of H-pyrrole nitrogens is 1. The maximum absolute atomic E-state index is 11.9. The van der Waals surface area contributed by atoms with Crippen molar-refractivity contribution in [1.29, 1.82) is 0 Å². The maximum Gasteiger partial charge on any atom is 0.259 e. The molecule has 0 fully saturated rings. The number of thiazole rings is 1. The zero-order valence-electron chi connectivity index (χ0n) is 9.58. The normalized spacial score (nSPS) is 10.5. The van der Waals surface area contributed by atoms with Crippen LogP contribution in [0.5, 0.6) is 0 Å². The minimum absolute atomic E-state index is 0.205. The van der Waals surface area contributed by atoms with Crippen molar-refractivity contribution in [1.82, 2.24) is 15.0 Å². The summed E-state index contributed by atoms with van der Waals surface area (Å²) in [6.07, 6.45) is 1.67. The largest absolute Gasteiger partial charge is 0.320 e. The number of aromatic amines is 1. The summed E-state index contributed by atoms with van der Waals surface area (Å²) in [4.78, 5) is 23.3. The van der Waals surface area contributed by atoms with Crippen molar-refractivity contribution in [2.75, 3.05) is 5.32 Å². The van der Waals surface area contributed by atoms with Crippen molar-refractivity contribution in [3.63, 3.8) is 0 Å². The standard InChI is InChI=1S/C12H8N4OS2/c17-10-7-3-1-2-4-8(7)14-9(15-10)11(18)16-12-13-5-6-19-12/h1-6H,(H,13,16,18)(H,14,15,17). The van der Waals surface area contributed by atoms with Gasteiger partial charge in [0.25, 0.3) is 5.56 Å². The zero-order valence-corrected chi connectivity index (χ0v) is 11.2. The molecule has 2 aromatic heterocycles. The molecule has 0 unspecified atom stereocenters. The van der Waals surface area contributed by atoms with Gasteiger partial charge in [0.1, 0.15) is 4.99 Å². The number of aromatic nitrogens is 3. The van der Waals surface area contributed by atoms with Gasteiger partial charge in [-0.3, -0.25) is 4.79 Å². The molecule has 19 heavy (non-hydrogen) atoms. The van der Waals surface area contributed by atoms with Crippen molar-refractivity contribution >= 4 is 44.6 Å². The summed E-state index contributed by atoms with van der Waals surface area (Å²) >= 11 is 6.64. The Labute approximate surface area is 117 Å². The fraction of sp³-hybridized carbons (Fsp3) is 0. The van der Waals surface area contributed by atoms with Gasteiger partial charge in [-0.15, -0.1) is 11.3 Å². The second-order valence-corrected chi connectivity index (χ2v) is 5.03. The summed E-state index contributed by atoms with van der Waals surface area (Å²) < 4.78 is 0. The Bertz CT molecular complexity index is 795. The minimum Gasteiger partial charge on any atom is -0.320 e. The first-order valence-corrected chi connectivity index (χ1v) is 6.73. The van der Waals surface area contributed by atoms with Crippen LogP contribution in [0.2, 0.25) is 0 Å². The molecule has 0 saturated carbocycles. The lowest BCUT2D eigenvalue weighted by atomic mass is 10.2. The van der Waals surface area contributed by atoms with E-state index >= 15 is 0 Å². The van der Waals surface area contributed by atoms with E-state index in [-0.39, 0.29) is 5.56 Å². The molecule has 94 valence electrons. The van der Waals surface area contributed by atoms with Crippen LogP contribution in [-0.2, 0) is 0 Å². The lowest BCUT2D eigenvalue weighted by Crippen LogP contribution is -2.20. The van der Waals surface area contributed by atoms with E-state index in [4.69, 9.17) is 12.2 Å². The molecule has 0 saturated heterocycles. The summed E-state index contributed by atoms with van der Waals surface area (Å²) in [5, 5.41) is 5.98. The summed E-state index contributed by atoms with van der Waals surface area (Å²) in [6, 6.07) is 7.13. The lowest BCUT2D eigenvalue weighted by Gasteiger charge is -2.05. The molecule has 0 aliphatic heterocycles. The number of benzene rings is 1. The Morgan fingerprint density at radius 3 is 3.00 bits per heavy atom. The van der Waals surface area contributed by atoms with Gasteiger partial charge in [0.2, 0.25) is 0 Å². The summed E-state index contributed by atoms with van der Waals surface area (Å²) in [5.74, 6) is 0.342. The number of thiocarbonyl (C=S) groups is 1. The third-order valence-electron chi connectivity index (χ3n) is 2.48. The first-order chi connectivity index (χ1) is 9.24. The number of hydrogen-bond acceptors (Lipinski definition) is 5. The monoisotopic (exact) mass is 288 g/mol. The van der Waals surface area contributed by atoms with Crippen LogP contribution < -0.4 is 10.9 Å². The SMILES string of the molecule is O=c1[nH]c(C(=S)Nc2nccs2)nc2ccccc12. The minimum atomic E-state index is -0.205. The number of nitrogens with one attached hydrogen (secondary N) is 2. The molecule has 0 bridgehead atoms. The van der Waals surface area contributed by atoms with Gasteiger partial charge >= 0.3 is 0 Å². The van der Waals surface area contributed by atoms with Gasteiger partial charge in [-0.1, -0.05) is 24.4 Å². The number of para-hydroxylation sites is 1. The molecule has 0 amide bonds. The Morgan fingerprint density at radius 1 is 1.37 bits per heavy atom. The molecule has 3 rings (SSSR count). The zero-order chi connectivity index (χ0) is 13.2. The summed E-state index contributed by atoms with van der Waals surface area (Å²) in [6.45, 7) is 0. The van der Waals surface area contributed by atoms with E-state index in [1.807, 2.05) is 11.4 Å². The quantitative estimate of drug-likeness (QED) is 0.707. The third-order valence-corrected chi connectivity index (χ3v) is 3.46. The van der Waals surface area contributed by atoms with Crippen LogP contribution in [0.3, 0.4) is 0 Å². The van der Waals surface area contributed by atoms with Crippen molar-refractivity contribution in [2.24, 2.45) is 0 Å². The number of hydrogen-bond donors (Lipinski definition) is 2. The van der Waals surface area contributed by atoms with Gasteiger partial charge in [-0.2, -0.15) is 0 Å². The summed E-state index contributed by atoms with van der Waals surface area (Å²) in [5.41, 5.74) is 0.411. The van der Waals surface area contributed by atoms with Crippen molar-refractivity contribution in [2.45, 2.75) is 0 Å². The van der Waals surface area contributed by atoms with Gasteiger partial charge in [0.15, 0.2) is 11.0 Å². The van der Waals surface area contributed by atoms with Crippen LogP contribution in [0.1, 0.15) is 5.82 Å². The average Bonchev–Trinajstić information content (AvgIpc) is 2.91. The first kappa shape index (κ1) is 11.9. The Hall–Kier alpha value is -2.12. The fourth-order valence-electron chi connectivity index (χ4n) is 1.64. The number of anilines is 1. The second kappa shape index (κ2) is 4.87.